The van der Waals surface area contributed by atoms with E-state index in [9.17, 15) is 0 Å². The van der Waals surface area contributed by atoms with E-state index in [0.717, 1.165) is 19.6 Å². The van der Waals surface area contributed by atoms with Gasteiger partial charge in [-0.25, -0.2) is 0 Å². The van der Waals surface area contributed by atoms with Gasteiger partial charge >= 0.3 is 0 Å². The van der Waals surface area contributed by atoms with E-state index >= 15 is 0 Å². The molecule has 0 aromatic rings. The van der Waals surface area contributed by atoms with Crippen LogP contribution in [0.15, 0.2) is 0 Å². The Hall–Kier alpha value is -0.0800. The second-order valence-electron chi connectivity index (χ2n) is 7.26. The molecule has 1 saturated heterocycles. The summed E-state index contributed by atoms with van der Waals surface area (Å²) in [7, 11) is 0. The van der Waals surface area contributed by atoms with Crippen molar-refractivity contribution in [2.45, 2.75) is 122 Å². The van der Waals surface area contributed by atoms with Crippen LogP contribution in [0.25, 0.3) is 0 Å². The van der Waals surface area contributed by atoms with Crippen LogP contribution in [0, 0.1) is 0 Å². The maximum absolute atomic E-state index is 5.77. The van der Waals surface area contributed by atoms with E-state index in [1.807, 2.05) is 0 Å². The van der Waals surface area contributed by atoms with Crippen molar-refractivity contribution in [3.05, 3.63) is 0 Å². The molecule has 0 radical (unpaired) electrons. The molecule has 0 spiro atoms. The first kappa shape index (κ1) is 21.0. The highest BCUT2D eigenvalue weighted by Gasteiger charge is 2.11. The van der Waals surface area contributed by atoms with Crippen molar-refractivity contribution in [3.63, 3.8) is 0 Å². The molecule has 1 heterocycles. The van der Waals surface area contributed by atoms with Gasteiger partial charge in [-0.1, -0.05) is 84.0 Å². The lowest BCUT2D eigenvalue weighted by Crippen LogP contribution is -2.20. The normalized spacial score (nSPS) is 17.1. The molecular formula is C21H42O2. The highest BCUT2D eigenvalue weighted by molar-refractivity contribution is 4.54. The van der Waals surface area contributed by atoms with E-state index < -0.39 is 0 Å². The molecule has 0 aliphatic carbocycles. The molecule has 0 saturated carbocycles. The molecule has 0 atom stereocenters. The minimum atomic E-state index is 0.0861. The van der Waals surface area contributed by atoms with Crippen molar-refractivity contribution in [1.29, 1.82) is 0 Å². The summed E-state index contributed by atoms with van der Waals surface area (Å²) in [6.45, 7) is 4.07. The van der Waals surface area contributed by atoms with Crippen LogP contribution in [0.4, 0.5) is 0 Å². The first-order chi connectivity index (χ1) is 11.4. The predicted octanol–water partition coefficient (Wildman–Crippen LogP) is 7.01. The summed E-state index contributed by atoms with van der Waals surface area (Å²) < 4.78 is 11.5. The molecule has 0 N–H and O–H groups in total. The maximum atomic E-state index is 5.77. The zero-order valence-electron chi connectivity index (χ0n) is 15.8. The van der Waals surface area contributed by atoms with Gasteiger partial charge in [-0.05, 0) is 32.1 Å². The predicted molar refractivity (Wildman–Crippen MR) is 99.9 cm³/mol. The van der Waals surface area contributed by atoms with Crippen molar-refractivity contribution in [1.82, 2.24) is 0 Å². The third-order valence-electron chi connectivity index (χ3n) is 4.94. The Morgan fingerprint density at radius 1 is 0.565 bits per heavy atom. The lowest BCUT2D eigenvalue weighted by molar-refractivity contribution is -0.155. The van der Waals surface area contributed by atoms with Crippen LogP contribution in [0.3, 0.4) is 0 Å². The standard InChI is InChI=1S/C21H42O2/c1-2-3-4-5-6-7-8-9-10-11-12-13-15-18-21-22-19-16-14-17-20-23-21/h21H,2-20H2,1H3. The first-order valence-corrected chi connectivity index (χ1v) is 10.7. The Bertz CT molecular complexity index is 222. The average molecular weight is 327 g/mol. The zero-order valence-corrected chi connectivity index (χ0v) is 15.8. The molecule has 0 aromatic heterocycles. The van der Waals surface area contributed by atoms with Crippen LogP contribution < -0.4 is 0 Å². The summed E-state index contributed by atoms with van der Waals surface area (Å²) in [6.07, 6.45) is 23.2. The Kier molecular flexibility index (Phi) is 15.3. The van der Waals surface area contributed by atoms with Gasteiger partial charge in [0.2, 0.25) is 0 Å². The van der Waals surface area contributed by atoms with Gasteiger partial charge in [0.05, 0.1) is 0 Å². The Morgan fingerprint density at radius 2 is 1.00 bits per heavy atom. The van der Waals surface area contributed by atoms with E-state index in [0.29, 0.717) is 0 Å². The minimum Gasteiger partial charge on any atom is -0.353 e. The molecule has 1 aliphatic heterocycles. The molecule has 0 bridgehead atoms. The van der Waals surface area contributed by atoms with Gasteiger partial charge in [0, 0.05) is 13.2 Å². The van der Waals surface area contributed by atoms with Crippen molar-refractivity contribution >= 4 is 0 Å². The molecule has 138 valence electrons. The molecule has 23 heavy (non-hydrogen) atoms. The van der Waals surface area contributed by atoms with Crippen molar-refractivity contribution in [3.8, 4) is 0 Å². The highest BCUT2D eigenvalue weighted by atomic mass is 16.7. The monoisotopic (exact) mass is 326 g/mol. The van der Waals surface area contributed by atoms with Gasteiger partial charge in [0.25, 0.3) is 0 Å². The fourth-order valence-electron chi connectivity index (χ4n) is 3.35. The van der Waals surface area contributed by atoms with Crippen LogP contribution in [0.5, 0.6) is 0 Å². The SMILES string of the molecule is CCCCCCCCCCCCCCCC1OCCCCCO1. The summed E-state index contributed by atoms with van der Waals surface area (Å²) in [5, 5.41) is 0. The third-order valence-corrected chi connectivity index (χ3v) is 4.94. The van der Waals surface area contributed by atoms with Crippen LogP contribution in [0.1, 0.15) is 116 Å². The molecule has 0 aromatic carbocycles. The van der Waals surface area contributed by atoms with Gasteiger partial charge in [-0.2, -0.15) is 0 Å². The van der Waals surface area contributed by atoms with Gasteiger partial charge in [0.15, 0.2) is 6.29 Å². The molecule has 2 nitrogen and oxygen atoms in total. The third kappa shape index (κ3) is 14.0. The number of ether oxygens (including phenoxy) is 2. The van der Waals surface area contributed by atoms with Crippen LogP contribution in [0.2, 0.25) is 0 Å². The molecule has 0 amide bonds. The zero-order chi connectivity index (χ0) is 16.4. The second kappa shape index (κ2) is 16.8. The Labute approximate surface area is 145 Å². The quantitative estimate of drug-likeness (QED) is 0.320. The first-order valence-electron chi connectivity index (χ1n) is 10.7. The fraction of sp³-hybridized carbons (Fsp3) is 1.00. The molecular weight excluding hydrogens is 284 g/mol. The van der Waals surface area contributed by atoms with Gasteiger partial charge in [-0.3, -0.25) is 0 Å². The van der Waals surface area contributed by atoms with E-state index in [2.05, 4.69) is 6.92 Å². The second-order valence-corrected chi connectivity index (χ2v) is 7.26. The van der Waals surface area contributed by atoms with Gasteiger partial charge in [0.1, 0.15) is 0 Å². The summed E-state index contributed by atoms with van der Waals surface area (Å²) in [4.78, 5) is 0. The van der Waals surface area contributed by atoms with Crippen LogP contribution in [-0.4, -0.2) is 19.5 Å². The molecule has 1 fully saturated rings. The molecule has 0 unspecified atom stereocenters. The van der Waals surface area contributed by atoms with E-state index in [4.69, 9.17) is 9.47 Å². The number of rotatable bonds is 14. The van der Waals surface area contributed by atoms with E-state index in [-0.39, 0.29) is 6.29 Å². The molecule has 2 heteroatoms. The Morgan fingerprint density at radius 3 is 1.48 bits per heavy atom. The molecule has 1 aliphatic rings. The lowest BCUT2D eigenvalue weighted by atomic mass is 10.0. The van der Waals surface area contributed by atoms with Gasteiger partial charge < -0.3 is 9.47 Å². The minimum absolute atomic E-state index is 0.0861. The van der Waals surface area contributed by atoms with Crippen LogP contribution in [-0.2, 0) is 9.47 Å². The summed E-state index contributed by atoms with van der Waals surface area (Å²) in [6, 6.07) is 0. The topological polar surface area (TPSA) is 18.5 Å². The van der Waals surface area contributed by atoms with Crippen molar-refractivity contribution < 1.29 is 9.47 Å². The van der Waals surface area contributed by atoms with Gasteiger partial charge in [-0.15, -0.1) is 0 Å². The smallest absolute Gasteiger partial charge is 0.157 e. The highest BCUT2D eigenvalue weighted by Crippen LogP contribution is 2.16. The summed E-state index contributed by atoms with van der Waals surface area (Å²) >= 11 is 0. The van der Waals surface area contributed by atoms with Crippen molar-refractivity contribution in [2.75, 3.05) is 13.2 Å². The van der Waals surface area contributed by atoms with E-state index in [1.165, 1.54) is 103 Å². The Balaban J connectivity index is 1.75. The number of hydrogen-bond donors (Lipinski definition) is 0. The lowest BCUT2D eigenvalue weighted by Gasteiger charge is -2.21. The summed E-state index contributed by atoms with van der Waals surface area (Å²) in [5.74, 6) is 0. The summed E-state index contributed by atoms with van der Waals surface area (Å²) in [5.41, 5.74) is 0. The number of hydrogen-bond acceptors (Lipinski definition) is 2. The maximum Gasteiger partial charge on any atom is 0.157 e. The van der Waals surface area contributed by atoms with E-state index in [1.54, 1.807) is 0 Å². The molecule has 1 rings (SSSR count). The van der Waals surface area contributed by atoms with Crippen LogP contribution >= 0.6 is 0 Å². The average Bonchev–Trinajstić information content (AvgIpc) is 2.53. The largest absolute Gasteiger partial charge is 0.353 e. The fourth-order valence-corrected chi connectivity index (χ4v) is 3.35. The number of unbranched alkanes of at least 4 members (excludes halogenated alkanes) is 12. The van der Waals surface area contributed by atoms with Crippen molar-refractivity contribution in [2.24, 2.45) is 0 Å².